The minimum absolute atomic E-state index is 0.187. The summed E-state index contributed by atoms with van der Waals surface area (Å²) in [6, 6.07) is 5.56. The van der Waals surface area contributed by atoms with Crippen molar-refractivity contribution in [3.8, 4) is 22.9 Å². The standard InChI is InChI=1S/C25H27FN6OS/c1-28-21-6-14(26)5-18-17(21)8-22-23(18)24(32-11-13-4-20(27)19(13)12-32)31-25(30-22)33-15-7-16(34(2)3)10-29-9-15/h5-7,9-10,13,19-20,28H,2,4,8,11-12,27H2,1,3H3/t13?,19?,20-,34?/m1/s1. The highest BCUT2D eigenvalue weighted by Gasteiger charge is 2.46. The fourth-order valence-electron chi connectivity index (χ4n) is 5.47. The highest BCUT2D eigenvalue weighted by Crippen LogP contribution is 2.48. The maximum atomic E-state index is 14.5. The summed E-state index contributed by atoms with van der Waals surface area (Å²) in [7, 11) is 1.62. The SMILES string of the molecule is C=S(C)c1cncc(Oc2nc3c(c(N4CC5C[C@@H](N)C5C4)n2)-c2cc(F)cc(NC)c2C3)c1. The molecule has 2 fully saturated rings. The Balaban J connectivity index is 1.45. The van der Waals surface area contributed by atoms with Crippen molar-refractivity contribution >= 4 is 27.9 Å². The number of fused-ring (bicyclic) bond motifs is 4. The average molecular weight is 479 g/mol. The Morgan fingerprint density at radius 3 is 2.82 bits per heavy atom. The highest BCUT2D eigenvalue weighted by atomic mass is 32.2. The van der Waals surface area contributed by atoms with Gasteiger partial charge >= 0.3 is 6.01 Å². The van der Waals surface area contributed by atoms with Gasteiger partial charge in [0.25, 0.3) is 0 Å². The monoisotopic (exact) mass is 478 g/mol. The second-order valence-electron chi connectivity index (χ2n) is 9.38. The van der Waals surface area contributed by atoms with Crippen LogP contribution in [0.15, 0.2) is 35.5 Å². The molecule has 2 aliphatic carbocycles. The zero-order valence-corrected chi connectivity index (χ0v) is 20.0. The number of aromatic nitrogens is 3. The Hall–Kier alpha value is -3.04. The molecule has 3 N–H and O–H groups in total. The molecule has 6 rings (SSSR count). The van der Waals surface area contributed by atoms with E-state index in [1.807, 2.05) is 19.4 Å². The van der Waals surface area contributed by atoms with E-state index in [1.54, 1.807) is 18.5 Å². The number of pyridine rings is 1. The van der Waals surface area contributed by atoms with Crippen molar-refractivity contribution in [1.29, 1.82) is 0 Å². The Bertz CT molecular complexity index is 1330. The first-order valence-electron chi connectivity index (χ1n) is 11.4. The Morgan fingerprint density at radius 2 is 2.09 bits per heavy atom. The molecule has 1 saturated heterocycles. The van der Waals surface area contributed by atoms with Gasteiger partial charge in [-0.05, 0) is 53.8 Å². The van der Waals surface area contributed by atoms with Gasteiger partial charge < -0.3 is 20.7 Å². The molecule has 3 unspecified atom stereocenters. The number of ether oxygens (including phenoxy) is 1. The first kappa shape index (κ1) is 21.5. The van der Waals surface area contributed by atoms with Gasteiger partial charge in [0.05, 0.1) is 11.9 Å². The van der Waals surface area contributed by atoms with E-state index in [9.17, 15) is 4.39 Å². The molecule has 3 heterocycles. The van der Waals surface area contributed by atoms with E-state index < -0.39 is 0 Å². The lowest BCUT2D eigenvalue weighted by Crippen LogP contribution is -2.46. The van der Waals surface area contributed by atoms with Gasteiger partial charge in [-0.15, -0.1) is 0 Å². The molecule has 0 radical (unpaired) electrons. The molecular weight excluding hydrogens is 451 g/mol. The lowest BCUT2D eigenvalue weighted by atomic mass is 9.72. The molecule has 3 aromatic rings. The molecule has 2 aromatic heterocycles. The van der Waals surface area contributed by atoms with E-state index in [4.69, 9.17) is 20.4 Å². The van der Waals surface area contributed by atoms with E-state index in [0.717, 1.165) is 58.3 Å². The second-order valence-corrected chi connectivity index (χ2v) is 11.1. The lowest BCUT2D eigenvalue weighted by Gasteiger charge is -2.36. The van der Waals surface area contributed by atoms with Crippen LogP contribution < -0.4 is 20.7 Å². The molecule has 0 spiro atoms. The highest BCUT2D eigenvalue weighted by molar-refractivity contribution is 8.13. The summed E-state index contributed by atoms with van der Waals surface area (Å²) in [4.78, 5) is 17.2. The van der Waals surface area contributed by atoms with Crippen molar-refractivity contribution in [3.05, 3.63) is 47.7 Å². The minimum atomic E-state index is -0.281. The van der Waals surface area contributed by atoms with Gasteiger partial charge in [-0.3, -0.25) is 4.98 Å². The van der Waals surface area contributed by atoms with Gasteiger partial charge in [0.1, 0.15) is 11.6 Å². The molecule has 176 valence electrons. The molecule has 1 aromatic carbocycles. The topological polar surface area (TPSA) is 89.2 Å². The van der Waals surface area contributed by atoms with Crippen LogP contribution in [0.25, 0.3) is 11.1 Å². The molecule has 1 saturated carbocycles. The number of hydrogen-bond donors (Lipinski definition) is 2. The van der Waals surface area contributed by atoms with Crippen LogP contribution in [0.5, 0.6) is 11.8 Å². The predicted octanol–water partition coefficient (Wildman–Crippen LogP) is 3.89. The quantitative estimate of drug-likeness (QED) is 0.421. The number of hydrogen-bond acceptors (Lipinski definition) is 7. The number of benzene rings is 1. The summed E-state index contributed by atoms with van der Waals surface area (Å²) in [6.45, 7) is 1.73. The maximum absolute atomic E-state index is 14.5. The normalized spacial score (nSPS) is 23.1. The molecule has 7 nitrogen and oxygen atoms in total. The molecule has 3 aliphatic rings. The van der Waals surface area contributed by atoms with Crippen LogP contribution in [0.2, 0.25) is 0 Å². The third kappa shape index (κ3) is 3.45. The van der Waals surface area contributed by atoms with Gasteiger partial charge in [0.2, 0.25) is 0 Å². The summed E-state index contributed by atoms with van der Waals surface area (Å²) in [6.07, 6.45) is 7.11. The van der Waals surface area contributed by atoms with E-state index in [-0.39, 0.29) is 28.4 Å². The molecular formula is C25H27FN6OS. The fourth-order valence-corrected chi connectivity index (χ4v) is 6.03. The number of nitrogens with two attached hydrogens (primary N) is 1. The summed E-state index contributed by atoms with van der Waals surface area (Å²) in [5.41, 5.74) is 10.7. The Labute approximate surface area is 200 Å². The van der Waals surface area contributed by atoms with Gasteiger partial charge in [-0.1, -0.05) is 5.87 Å². The number of nitrogens with one attached hydrogen (secondary N) is 1. The van der Waals surface area contributed by atoms with Gasteiger partial charge in [-0.25, -0.2) is 4.39 Å². The van der Waals surface area contributed by atoms with Crippen LogP contribution in [0.1, 0.15) is 17.7 Å². The first-order chi connectivity index (χ1) is 16.4. The van der Waals surface area contributed by atoms with Crippen molar-refractivity contribution < 1.29 is 9.13 Å². The summed E-state index contributed by atoms with van der Waals surface area (Å²) >= 11 is 0. The third-order valence-electron chi connectivity index (χ3n) is 7.26. The smallest absolute Gasteiger partial charge is 0.324 e. The first-order valence-corrected chi connectivity index (χ1v) is 13.2. The minimum Gasteiger partial charge on any atom is -0.423 e. The van der Waals surface area contributed by atoms with Crippen molar-refractivity contribution in [2.75, 3.05) is 36.6 Å². The zero-order chi connectivity index (χ0) is 23.6. The number of nitrogens with zero attached hydrogens (tertiary/aromatic N) is 4. The van der Waals surface area contributed by atoms with E-state index in [0.29, 0.717) is 24.0 Å². The number of halogens is 1. The van der Waals surface area contributed by atoms with Crippen LogP contribution in [-0.2, 0) is 6.42 Å². The lowest BCUT2D eigenvalue weighted by molar-refractivity contribution is 0.194. The van der Waals surface area contributed by atoms with Crippen molar-refractivity contribution in [2.45, 2.75) is 23.8 Å². The molecule has 0 amide bonds. The summed E-state index contributed by atoms with van der Waals surface area (Å²) in [5, 5.41) is 3.13. The van der Waals surface area contributed by atoms with Crippen LogP contribution in [0.4, 0.5) is 15.9 Å². The predicted molar refractivity (Wildman–Crippen MR) is 135 cm³/mol. The van der Waals surface area contributed by atoms with Crippen molar-refractivity contribution in [1.82, 2.24) is 15.0 Å². The molecule has 0 bridgehead atoms. The van der Waals surface area contributed by atoms with E-state index >= 15 is 0 Å². The Morgan fingerprint density at radius 1 is 1.24 bits per heavy atom. The molecule has 9 heteroatoms. The average Bonchev–Trinajstić information content (AvgIpc) is 3.35. The summed E-state index contributed by atoms with van der Waals surface area (Å²) in [5.74, 6) is 6.23. The number of rotatable bonds is 5. The van der Waals surface area contributed by atoms with E-state index in [1.165, 1.54) is 6.07 Å². The largest absolute Gasteiger partial charge is 0.423 e. The van der Waals surface area contributed by atoms with Gasteiger partial charge in [-0.2, -0.15) is 20.5 Å². The van der Waals surface area contributed by atoms with Crippen molar-refractivity contribution in [3.63, 3.8) is 0 Å². The zero-order valence-electron chi connectivity index (χ0n) is 19.2. The molecule has 4 atom stereocenters. The maximum Gasteiger partial charge on any atom is 0.324 e. The fraction of sp³-hybridized carbons (Fsp3) is 0.360. The second kappa shape index (κ2) is 8.02. The Kier molecular flexibility index (Phi) is 5.07. The van der Waals surface area contributed by atoms with Crippen LogP contribution in [0, 0.1) is 17.7 Å². The van der Waals surface area contributed by atoms with Crippen molar-refractivity contribution in [2.24, 2.45) is 17.6 Å². The molecule has 34 heavy (non-hydrogen) atoms. The van der Waals surface area contributed by atoms with Gasteiger partial charge in [0.15, 0.2) is 5.75 Å². The van der Waals surface area contributed by atoms with Crippen LogP contribution in [0.3, 0.4) is 0 Å². The van der Waals surface area contributed by atoms with Crippen LogP contribution in [-0.4, -0.2) is 53.3 Å². The summed E-state index contributed by atoms with van der Waals surface area (Å²) < 4.78 is 20.6. The third-order valence-corrected chi connectivity index (χ3v) is 8.29. The number of anilines is 2. The van der Waals surface area contributed by atoms with E-state index in [2.05, 4.69) is 21.1 Å². The molecule has 1 aliphatic heterocycles. The van der Waals surface area contributed by atoms with Crippen LogP contribution >= 0.6 is 10.5 Å². The van der Waals surface area contributed by atoms with Gasteiger partial charge in [0, 0.05) is 54.9 Å².